The van der Waals surface area contributed by atoms with E-state index in [4.69, 9.17) is 10.5 Å². The molecule has 1 aromatic carbocycles. The Morgan fingerprint density at radius 2 is 2.35 bits per heavy atom. The molecule has 17 heavy (non-hydrogen) atoms. The van der Waals surface area contributed by atoms with Crippen LogP contribution >= 0.6 is 27.3 Å². The number of hydrogen-bond donors (Lipinski definition) is 1. The summed E-state index contributed by atoms with van der Waals surface area (Å²) in [5, 5.41) is 2.90. The largest absolute Gasteiger partial charge is 0.486 e. The predicted octanol–water partition coefficient (Wildman–Crippen LogP) is 3.50. The second-order valence-corrected chi connectivity index (χ2v) is 5.58. The molecule has 90 valence electrons. The topological polar surface area (TPSA) is 48.1 Å². The highest BCUT2D eigenvalue weighted by Gasteiger charge is 2.09. The Bertz CT molecular complexity index is 485. The molecule has 0 aliphatic carbocycles. The van der Waals surface area contributed by atoms with Crippen LogP contribution in [0.3, 0.4) is 0 Å². The van der Waals surface area contributed by atoms with Gasteiger partial charge in [0.15, 0.2) is 0 Å². The molecular formula is C12H13BrN2OS. The summed E-state index contributed by atoms with van der Waals surface area (Å²) >= 11 is 5.02. The molecule has 5 heteroatoms. The predicted molar refractivity (Wildman–Crippen MR) is 73.2 cm³/mol. The average molecular weight is 313 g/mol. The summed E-state index contributed by atoms with van der Waals surface area (Å²) in [4.78, 5) is 4.18. The lowest BCUT2D eigenvalue weighted by Gasteiger charge is -2.13. The molecule has 2 rings (SSSR count). The van der Waals surface area contributed by atoms with E-state index >= 15 is 0 Å². The fourth-order valence-corrected chi connectivity index (χ4v) is 2.38. The third-order valence-corrected chi connectivity index (χ3v) is 3.54. The van der Waals surface area contributed by atoms with Crippen molar-refractivity contribution in [3.05, 3.63) is 44.8 Å². The van der Waals surface area contributed by atoms with Gasteiger partial charge in [0.25, 0.3) is 0 Å². The lowest BCUT2D eigenvalue weighted by Crippen LogP contribution is -2.08. The lowest BCUT2D eigenvalue weighted by atomic mass is 10.1. The molecule has 0 saturated heterocycles. The van der Waals surface area contributed by atoms with Crippen molar-refractivity contribution in [2.45, 2.75) is 19.6 Å². The Morgan fingerprint density at radius 3 is 3.00 bits per heavy atom. The zero-order valence-corrected chi connectivity index (χ0v) is 11.8. The second-order valence-electron chi connectivity index (χ2n) is 3.69. The summed E-state index contributed by atoms with van der Waals surface area (Å²) in [7, 11) is 0. The number of rotatable bonds is 4. The molecule has 0 spiro atoms. The monoisotopic (exact) mass is 312 g/mol. The van der Waals surface area contributed by atoms with E-state index in [-0.39, 0.29) is 6.04 Å². The summed E-state index contributed by atoms with van der Waals surface area (Å²) in [6.45, 7) is 2.43. The first kappa shape index (κ1) is 12.5. The SMILES string of the molecule is C[C@@H](N)c1cc(Br)ccc1OCc1nccs1. The minimum Gasteiger partial charge on any atom is -0.486 e. The number of aromatic nitrogens is 1. The Balaban J connectivity index is 2.14. The smallest absolute Gasteiger partial charge is 0.140 e. The van der Waals surface area contributed by atoms with Crippen molar-refractivity contribution in [3.8, 4) is 5.75 Å². The fraction of sp³-hybridized carbons (Fsp3) is 0.250. The molecule has 0 aliphatic heterocycles. The highest BCUT2D eigenvalue weighted by atomic mass is 79.9. The molecule has 1 heterocycles. The molecule has 2 aromatic rings. The molecule has 0 amide bonds. The fourth-order valence-electron chi connectivity index (χ4n) is 1.47. The lowest BCUT2D eigenvalue weighted by molar-refractivity contribution is 0.301. The van der Waals surface area contributed by atoms with Crippen molar-refractivity contribution in [3.63, 3.8) is 0 Å². The van der Waals surface area contributed by atoms with E-state index in [1.807, 2.05) is 30.5 Å². The van der Waals surface area contributed by atoms with E-state index < -0.39 is 0 Å². The number of hydrogen-bond acceptors (Lipinski definition) is 4. The number of thiazole rings is 1. The van der Waals surface area contributed by atoms with Gasteiger partial charge in [0.05, 0.1) is 0 Å². The van der Waals surface area contributed by atoms with Crippen molar-refractivity contribution < 1.29 is 4.74 Å². The maximum absolute atomic E-state index is 5.92. The molecular weight excluding hydrogens is 300 g/mol. The Morgan fingerprint density at radius 1 is 1.53 bits per heavy atom. The first-order chi connectivity index (χ1) is 8.16. The van der Waals surface area contributed by atoms with E-state index in [1.54, 1.807) is 17.5 Å². The molecule has 0 radical (unpaired) electrons. The molecule has 3 nitrogen and oxygen atoms in total. The van der Waals surface area contributed by atoms with Gasteiger partial charge in [-0.05, 0) is 25.1 Å². The van der Waals surface area contributed by atoms with Gasteiger partial charge < -0.3 is 10.5 Å². The number of halogens is 1. The van der Waals surface area contributed by atoms with Gasteiger partial charge in [-0.1, -0.05) is 15.9 Å². The van der Waals surface area contributed by atoms with Gasteiger partial charge in [-0.2, -0.15) is 0 Å². The van der Waals surface area contributed by atoms with Crippen molar-refractivity contribution in [1.82, 2.24) is 4.98 Å². The van der Waals surface area contributed by atoms with Crippen LogP contribution in [0.5, 0.6) is 5.75 Å². The average Bonchev–Trinajstić information content (AvgIpc) is 2.80. The third kappa shape index (κ3) is 3.28. The Hall–Kier alpha value is -0.910. The van der Waals surface area contributed by atoms with Crippen LogP contribution in [0.2, 0.25) is 0 Å². The molecule has 0 saturated carbocycles. The van der Waals surface area contributed by atoms with Crippen LogP contribution in [0.25, 0.3) is 0 Å². The highest BCUT2D eigenvalue weighted by Crippen LogP contribution is 2.28. The number of nitrogens with two attached hydrogens (primary N) is 1. The quantitative estimate of drug-likeness (QED) is 0.940. The molecule has 1 atom stereocenters. The van der Waals surface area contributed by atoms with Crippen LogP contribution in [0.4, 0.5) is 0 Å². The normalized spacial score (nSPS) is 12.4. The van der Waals surface area contributed by atoms with E-state index in [1.165, 1.54) is 0 Å². The first-order valence-corrected chi connectivity index (χ1v) is 6.90. The van der Waals surface area contributed by atoms with Gasteiger partial charge in [-0.15, -0.1) is 11.3 Å². The van der Waals surface area contributed by atoms with Crippen molar-refractivity contribution in [2.75, 3.05) is 0 Å². The summed E-state index contributed by atoms with van der Waals surface area (Å²) in [5.41, 5.74) is 6.91. The second kappa shape index (κ2) is 5.62. The van der Waals surface area contributed by atoms with Crippen LogP contribution in [-0.2, 0) is 6.61 Å². The van der Waals surface area contributed by atoms with Crippen LogP contribution < -0.4 is 10.5 Å². The zero-order chi connectivity index (χ0) is 12.3. The van der Waals surface area contributed by atoms with E-state index in [2.05, 4.69) is 20.9 Å². The van der Waals surface area contributed by atoms with E-state index in [0.29, 0.717) is 6.61 Å². The first-order valence-electron chi connectivity index (χ1n) is 5.23. The van der Waals surface area contributed by atoms with Crippen LogP contribution in [0.1, 0.15) is 23.5 Å². The standard InChI is InChI=1S/C12H13BrN2OS/c1-8(14)10-6-9(13)2-3-11(10)16-7-12-15-4-5-17-12/h2-6,8H,7,14H2,1H3/t8-/m1/s1. The Kier molecular flexibility index (Phi) is 4.15. The van der Waals surface area contributed by atoms with Crippen LogP contribution in [-0.4, -0.2) is 4.98 Å². The maximum atomic E-state index is 5.92. The van der Waals surface area contributed by atoms with Gasteiger partial charge in [-0.25, -0.2) is 4.98 Å². The number of nitrogens with zero attached hydrogens (tertiary/aromatic N) is 1. The van der Waals surface area contributed by atoms with Gasteiger partial charge >= 0.3 is 0 Å². The summed E-state index contributed by atoms with van der Waals surface area (Å²) in [6, 6.07) is 5.81. The number of benzene rings is 1. The molecule has 2 N–H and O–H groups in total. The number of ether oxygens (including phenoxy) is 1. The van der Waals surface area contributed by atoms with E-state index in [9.17, 15) is 0 Å². The zero-order valence-electron chi connectivity index (χ0n) is 9.39. The van der Waals surface area contributed by atoms with Gasteiger partial charge in [0.1, 0.15) is 17.4 Å². The third-order valence-electron chi connectivity index (χ3n) is 2.30. The molecule has 0 bridgehead atoms. The Labute approximate surface area is 113 Å². The summed E-state index contributed by atoms with van der Waals surface area (Å²) in [6.07, 6.45) is 1.78. The van der Waals surface area contributed by atoms with Crippen LogP contribution in [0, 0.1) is 0 Å². The highest BCUT2D eigenvalue weighted by molar-refractivity contribution is 9.10. The van der Waals surface area contributed by atoms with Crippen molar-refractivity contribution >= 4 is 27.3 Å². The molecule has 0 aliphatic rings. The minimum absolute atomic E-state index is 0.0567. The summed E-state index contributed by atoms with van der Waals surface area (Å²) in [5.74, 6) is 0.818. The van der Waals surface area contributed by atoms with Crippen molar-refractivity contribution in [2.24, 2.45) is 5.73 Å². The summed E-state index contributed by atoms with van der Waals surface area (Å²) < 4.78 is 6.75. The maximum Gasteiger partial charge on any atom is 0.140 e. The minimum atomic E-state index is -0.0567. The molecule has 0 unspecified atom stereocenters. The molecule has 1 aromatic heterocycles. The van der Waals surface area contributed by atoms with Crippen molar-refractivity contribution in [1.29, 1.82) is 0 Å². The van der Waals surface area contributed by atoms with Gasteiger partial charge in [0, 0.05) is 27.7 Å². The van der Waals surface area contributed by atoms with Crippen LogP contribution in [0.15, 0.2) is 34.2 Å². The van der Waals surface area contributed by atoms with Gasteiger partial charge in [0.2, 0.25) is 0 Å². The van der Waals surface area contributed by atoms with Gasteiger partial charge in [-0.3, -0.25) is 0 Å². The molecule has 0 fully saturated rings. The van der Waals surface area contributed by atoms with E-state index in [0.717, 1.165) is 20.8 Å².